The number of hydrogen-bond acceptors (Lipinski definition) is 3. The van der Waals surface area contributed by atoms with Gasteiger partial charge in [-0.1, -0.05) is 0 Å². The number of nitrogens with zero attached hydrogens (tertiary/aromatic N) is 3. The Kier molecular flexibility index (Phi) is 3.23. The van der Waals surface area contributed by atoms with Crippen LogP contribution in [-0.4, -0.2) is 46.0 Å². The lowest BCUT2D eigenvalue weighted by molar-refractivity contribution is -0.131. The molecule has 1 aromatic rings. The molecular weight excluding hydrogens is 244 g/mol. The number of nitrogens with one attached hydrogen (secondary N) is 1. The van der Waals surface area contributed by atoms with E-state index >= 15 is 0 Å². The third kappa shape index (κ3) is 2.77. The summed E-state index contributed by atoms with van der Waals surface area (Å²) in [7, 11) is 0. The lowest BCUT2D eigenvalue weighted by atomic mass is 10.1. The number of rotatable bonds is 3. The van der Waals surface area contributed by atoms with Crippen molar-refractivity contribution in [2.45, 2.75) is 19.3 Å². The van der Waals surface area contributed by atoms with E-state index in [1.54, 1.807) is 12.4 Å². The maximum Gasteiger partial charge on any atom is 0.326 e. The molecule has 6 heteroatoms. The van der Waals surface area contributed by atoms with E-state index in [1.807, 2.05) is 4.90 Å². The Morgan fingerprint density at radius 1 is 1.32 bits per heavy atom. The van der Waals surface area contributed by atoms with E-state index in [0.29, 0.717) is 24.3 Å². The van der Waals surface area contributed by atoms with E-state index in [1.165, 1.54) is 10.9 Å². The molecule has 3 rings (SSSR count). The summed E-state index contributed by atoms with van der Waals surface area (Å²) in [4.78, 5) is 29.4. The van der Waals surface area contributed by atoms with Gasteiger partial charge in [0.1, 0.15) is 6.33 Å². The Morgan fingerprint density at radius 2 is 2.16 bits per heavy atom. The molecule has 0 unspecified atom stereocenters. The van der Waals surface area contributed by atoms with E-state index in [0.717, 1.165) is 32.4 Å². The van der Waals surface area contributed by atoms with Crippen LogP contribution < -0.4 is 5.32 Å². The molecule has 0 aromatic carbocycles. The van der Waals surface area contributed by atoms with Crippen LogP contribution in [0.1, 0.15) is 19.3 Å². The number of carbonyl (C=O) groups is 2. The van der Waals surface area contributed by atoms with Crippen molar-refractivity contribution in [1.29, 1.82) is 0 Å². The highest BCUT2D eigenvalue weighted by atomic mass is 16.2. The molecule has 1 atom stereocenters. The molecule has 1 N–H and O–H groups in total. The average molecular weight is 262 g/mol. The molecule has 2 heterocycles. The molecule has 1 saturated carbocycles. The van der Waals surface area contributed by atoms with Gasteiger partial charge in [-0.05, 0) is 25.2 Å². The molecular formula is C13H18N4O2. The van der Waals surface area contributed by atoms with E-state index in [4.69, 9.17) is 0 Å². The standard InChI is InChI=1S/C13H18N4O2/c18-12(11-1-2-11)16-5-3-10(8-16)7-15-13(19)17-6-4-14-9-17/h4,6,9-11H,1-3,5,7-8H2,(H,15,19)/t10-/m0/s1. The smallest absolute Gasteiger partial charge is 0.326 e. The van der Waals surface area contributed by atoms with Gasteiger partial charge in [0.2, 0.25) is 5.91 Å². The number of amides is 2. The molecule has 1 aromatic heterocycles. The van der Waals surface area contributed by atoms with Crippen molar-refractivity contribution in [2.24, 2.45) is 11.8 Å². The fraction of sp³-hybridized carbons (Fsp3) is 0.615. The van der Waals surface area contributed by atoms with Crippen LogP contribution in [0.25, 0.3) is 0 Å². The minimum Gasteiger partial charge on any atom is -0.342 e. The molecule has 0 radical (unpaired) electrons. The molecule has 6 nitrogen and oxygen atoms in total. The second-order valence-electron chi connectivity index (χ2n) is 5.37. The maximum absolute atomic E-state index is 11.9. The monoisotopic (exact) mass is 262 g/mol. The highest BCUT2D eigenvalue weighted by molar-refractivity contribution is 5.81. The number of imidazole rings is 1. The van der Waals surface area contributed by atoms with Gasteiger partial charge in [0.05, 0.1) is 0 Å². The van der Waals surface area contributed by atoms with Crippen molar-refractivity contribution in [2.75, 3.05) is 19.6 Å². The SMILES string of the molecule is O=C(C1CC1)N1CC[C@@H](CNC(=O)n2ccnc2)C1. The van der Waals surface area contributed by atoms with E-state index < -0.39 is 0 Å². The molecule has 0 spiro atoms. The molecule has 2 fully saturated rings. The van der Waals surface area contributed by atoms with Gasteiger partial charge in [0.15, 0.2) is 0 Å². The van der Waals surface area contributed by atoms with Crippen LogP contribution in [0.2, 0.25) is 0 Å². The largest absolute Gasteiger partial charge is 0.342 e. The molecule has 1 saturated heterocycles. The highest BCUT2D eigenvalue weighted by Crippen LogP contribution is 2.32. The van der Waals surface area contributed by atoms with Gasteiger partial charge >= 0.3 is 6.03 Å². The number of likely N-dealkylation sites (tertiary alicyclic amines) is 1. The zero-order valence-corrected chi connectivity index (χ0v) is 10.8. The van der Waals surface area contributed by atoms with Crippen LogP contribution in [-0.2, 0) is 4.79 Å². The summed E-state index contributed by atoms with van der Waals surface area (Å²) in [5.74, 6) is 0.970. The Bertz CT molecular complexity index is 467. The summed E-state index contributed by atoms with van der Waals surface area (Å²) < 4.78 is 1.42. The number of hydrogen-bond donors (Lipinski definition) is 1. The van der Waals surface area contributed by atoms with Crippen LogP contribution in [0.5, 0.6) is 0 Å². The molecule has 2 aliphatic rings. The summed E-state index contributed by atoms with van der Waals surface area (Å²) >= 11 is 0. The fourth-order valence-electron chi connectivity index (χ4n) is 2.49. The highest BCUT2D eigenvalue weighted by Gasteiger charge is 2.36. The van der Waals surface area contributed by atoms with Gasteiger partial charge in [0, 0.05) is 37.9 Å². The molecule has 1 aliphatic heterocycles. The van der Waals surface area contributed by atoms with Crippen LogP contribution in [0, 0.1) is 11.8 Å². The zero-order valence-electron chi connectivity index (χ0n) is 10.8. The first-order chi connectivity index (χ1) is 9.24. The Balaban J connectivity index is 1.44. The Hall–Kier alpha value is -1.85. The first-order valence-corrected chi connectivity index (χ1v) is 6.79. The lowest BCUT2D eigenvalue weighted by Crippen LogP contribution is -2.35. The lowest BCUT2D eigenvalue weighted by Gasteiger charge is -2.16. The Morgan fingerprint density at radius 3 is 2.84 bits per heavy atom. The predicted molar refractivity (Wildman–Crippen MR) is 68.4 cm³/mol. The minimum absolute atomic E-state index is 0.163. The summed E-state index contributed by atoms with van der Waals surface area (Å²) in [6.45, 7) is 2.23. The molecule has 1 aliphatic carbocycles. The third-order valence-corrected chi connectivity index (χ3v) is 3.80. The molecule has 0 bridgehead atoms. The second-order valence-corrected chi connectivity index (χ2v) is 5.37. The van der Waals surface area contributed by atoms with Gasteiger partial charge in [-0.25, -0.2) is 9.78 Å². The van der Waals surface area contributed by atoms with Crippen molar-refractivity contribution in [3.8, 4) is 0 Å². The van der Waals surface area contributed by atoms with Gasteiger partial charge < -0.3 is 10.2 Å². The van der Waals surface area contributed by atoms with Crippen LogP contribution in [0.3, 0.4) is 0 Å². The number of carbonyl (C=O) groups excluding carboxylic acids is 2. The topological polar surface area (TPSA) is 67.2 Å². The van der Waals surface area contributed by atoms with Gasteiger partial charge in [-0.3, -0.25) is 9.36 Å². The predicted octanol–water partition coefficient (Wildman–Crippen LogP) is 0.699. The molecule has 19 heavy (non-hydrogen) atoms. The van der Waals surface area contributed by atoms with Crippen LogP contribution in [0.15, 0.2) is 18.7 Å². The molecule has 102 valence electrons. The summed E-state index contributed by atoms with van der Waals surface area (Å²) in [6, 6.07) is -0.163. The number of aromatic nitrogens is 2. The summed E-state index contributed by atoms with van der Waals surface area (Å²) in [5.41, 5.74) is 0. The van der Waals surface area contributed by atoms with Gasteiger partial charge in [0.25, 0.3) is 0 Å². The third-order valence-electron chi connectivity index (χ3n) is 3.80. The molecule has 2 amide bonds. The Labute approximate surface area is 111 Å². The minimum atomic E-state index is -0.163. The zero-order chi connectivity index (χ0) is 13.2. The summed E-state index contributed by atoms with van der Waals surface area (Å²) in [6.07, 6.45) is 7.75. The quantitative estimate of drug-likeness (QED) is 0.872. The normalized spacial score (nSPS) is 22.5. The van der Waals surface area contributed by atoms with Crippen molar-refractivity contribution in [3.05, 3.63) is 18.7 Å². The van der Waals surface area contributed by atoms with Gasteiger partial charge in [-0.2, -0.15) is 0 Å². The summed E-state index contributed by atoms with van der Waals surface area (Å²) in [5, 5.41) is 2.88. The van der Waals surface area contributed by atoms with Crippen LogP contribution in [0.4, 0.5) is 4.79 Å². The van der Waals surface area contributed by atoms with E-state index in [-0.39, 0.29) is 6.03 Å². The van der Waals surface area contributed by atoms with Crippen molar-refractivity contribution in [3.63, 3.8) is 0 Å². The van der Waals surface area contributed by atoms with Crippen LogP contribution >= 0.6 is 0 Å². The maximum atomic E-state index is 11.9. The first-order valence-electron chi connectivity index (χ1n) is 6.79. The van der Waals surface area contributed by atoms with Crippen molar-refractivity contribution >= 4 is 11.9 Å². The van der Waals surface area contributed by atoms with E-state index in [2.05, 4.69) is 10.3 Å². The second kappa shape index (κ2) is 5.03. The first kappa shape index (κ1) is 12.2. The van der Waals surface area contributed by atoms with Crippen molar-refractivity contribution < 1.29 is 9.59 Å². The fourth-order valence-corrected chi connectivity index (χ4v) is 2.49. The van der Waals surface area contributed by atoms with Gasteiger partial charge in [-0.15, -0.1) is 0 Å². The average Bonchev–Trinajstić information content (AvgIpc) is 2.94. The van der Waals surface area contributed by atoms with Crippen molar-refractivity contribution in [1.82, 2.24) is 19.8 Å². The van der Waals surface area contributed by atoms with E-state index in [9.17, 15) is 9.59 Å².